The number of aliphatic imine (C=N–C) groups is 1. The largest absolute Gasteiger partial charge is 0.378 e. The van der Waals surface area contributed by atoms with E-state index in [0.717, 1.165) is 37.8 Å². The SMILES string of the molecule is CN=C(NCc1ccc(N(C)C)cc1)NC1CCN(c2ncccc2Cl)C1.I. The lowest BCUT2D eigenvalue weighted by Crippen LogP contribution is -2.44. The average Bonchev–Trinajstić information content (AvgIpc) is 3.14. The van der Waals surface area contributed by atoms with Crippen LogP contribution in [0.15, 0.2) is 47.6 Å². The van der Waals surface area contributed by atoms with E-state index in [4.69, 9.17) is 11.6 Å². The molecule has 3 rings (SSSR count). The average molecular weight is 515 g/mol. The minimum atomic E-state index is 0. The van der Waals surface area contributed by atoms with Crippen molar-refractivity contribution in [1.29, 1.82) is 0 Å². The molecule has 2 heterocycles. The molecule has 0 amide bonds. The number of nitrogens with zero attached hydrogens (tertiary/aromatic N) is 4. The van der Waals surface area contributed by atoms with Crippen molar-refractivity contribution in [3.63, 3.8) is 0 Å². The fourth-order valence-electron chi connectivity index (χ4n) is 3.17. The zero-order chi connectivity index (χ0) is 19.2. The molecule has 1 aliphatic rings. The molecule has 1 aliphatic heterocycles. The second kappa shape index (κ2) is 10.7. The quantitative estimate of drug-likeness (QED) is 0.364. The molecule has 28 heavy (non-hydrogen) atoms. The van der Waals surface area contributed by atoms with E-state index >= 15 is 0 Å². The van der Waals surface area contributed by atoms with E-state index < -0.39 is 0 Å². The number of nitrogens with one attached hydrogen (secondary N) is 2. The van der Waals surface area contributed by atoms with Crippen LogP contribution in [0.1, 0.15) is 12.0 Å². The minimum Gasteiger partial charge on any atom is -0.378 e. The third-order valence-electron chi connectivity index (χ3n) is 4.70. The summed E-state index contributed by atoms with van der Waals surface area (Å²) >= 11 is 6.27. The van der Waals surface area contributed by atoms with Gasteiger partial charge in [-0.05, 0) is 36.2 Å². The van der Waals surface area contributed by atoms with E-state index in [0.29, 0.717) is 11.1 Å². The van der Waals surface area contributed by atoms with Crippen molar-refractivity contribution in [3.05, 3.63) is 53.2 Å². The molecule has 1 saturated heterocycles. The highest BCUT2D eigenvalue weighted by atomic mass is 127. The Kier molecular flexibility index (Phi) is 8.62. The van der Waals surface area contributed by atoms with Crippen molar-refractivity contribution in [2.45, 2.75) is 19.0 Å². The molecule has 0 radical (unpaired) electrons. The van der Waals surface area contributed by atoms with Gasteiger partial charge in [-0.25, -0.2) is 4.98 Å². The Morgan fingerprint density at radius 1 is 1.29 bits per heavy atom. The van der Waals surface area contributed by atoms with E-state index in [2.05, 4.69) is 54.7 Å². The molecule has 1 aromatic heterocycles. The minimum absolute atomic E-state index is 0. The Bertz CT molecular complexity index is 781. The summed E-state index contributed by atoms with van der Waals surface area (Å²) in [5, 5.41) is 7.59. The number of hydrogen-bond acceptors (Lipinski definition) is 4. The number of hydrogen-bond donors (Lipinski definition) is 2. The topological polar surface area (TPSA) is 55.8 Å². The molecule has 1 fully saturated rings. The van der Waals surface area contributed by atoms with E-state index in [1.165, 1.54) is 11.3 Å². The molecule has 6 nitrogen and oxygen atoms in total. The third-order valence-corrected chi connectivity index (χ3v) is 5.00. The van der Waals surface area contributed by atoms with E-state index in [9.17, 15) is 0 Å². The van der Waals surface area contributed by atoms with Gasteiger partial charge in [0.25, 0.3) is 0 Å². The molecule has 0 aliphatic carbocycles. The fourth-order valence-corrected chi connectivity index (χ4v) is 3.41. The Morgan fingerprint density at radius 2 is 2.04 bits per heavy atom. The van der Waals surface area contributed by atoms with Gasteiger partial charge in [-0.15, -0.1) is 24.0 Å². The lowest BCUT2D eigenvalue weighted by atomic mass is 10.2. The van der Waals surface area contributed by atoms with Crippen LogP contribution in [-0.2, 0) is 6.54 Å². The maximum Gasteiger partial charge on any atom is 0.191 e. The number of guanidine groups is 1. The first-order valence-corrected chi connectivity index (χ1v) is 9.53. The summed E-state index contributed by atoms with van der Waals surface area (Å²) in [7, 11) is 5.89. The van der Waals surface area contributed by atoms with Gasteiger partial charge in [-0.1, -0.05) is 23.7 Å². The van der Waals surface area contributed by atoms with Gasteiger partial charge < -0.3 is 20.4 Å². The summed E-state index contributed by atoms with van der Waals surface area (Å²) in [5.74, 6) is 1.66. The van der Waals surface area contributed by atoms with Crippen molar-refractivity contribution >= 4 is 53.0 Å². The van der Waals surface area contributed by atoms with Gasteiger partial charge in [0.15, 0.2) is 5.96 Å². The summed E-state index contributed by atoms with van der Waals surface area (Å²) in [5.41, 5.74) is 2.41. The highest BCUT2D eigenvalue weighted by Gasteiger charge is 2.25. The molecule has 0 spiro atoms. The number of aromatic nitrogens is 1. The number of benzene rings is 1. The zero-order valence-electron chi connectivity index (χ0n) is 16.5. The molecular formula is C20H28ClIN6. The number of anilines is 2. The van der Waals surface area contributed by atoms with Crippen LogP contribution in [-0.4, -0.2) is 51.2 Å². The molecule has 1 unspecified atom stereocenters. The second-order valence-electron chi connectivity index (χ2n) is 6.87. The van der Waals surface area contributed by atoms with Crippen LogP contribution < -0.4 is 20.4 Å². The lowest BCUT2D eigenvalue weighted by Gasteiger charge is -2.20. The highest BCUT2D eigenvalue weighted by molar-refractivity contribution is 14.0. The number of pyridine rings is 1. The molecule has 1 aromatic carbocycles. The van der Waals surface area contributed by atoms with Gasteiger partial charge in [0, 0.05) is 58.7 Å². The maximum absolute atomic E-state index is 6.27. The van der Waals surface area contributed by atoms with Gasteiger partial charge >= 0.3 is 0 Å². The maximum atomic E-state index is 6.27. The van der Waals surface area contributed by atoms with Crippen molar-refractivity contribution in [2.75, 3.05) is 44.0 Å². The van der Waals surface area contributed by atoms with E-state index in [-0.39, 0.29) is 24.0 Å². The Labute approximate surface area is 189 Å². The second-order valence-corrected chi connectivity index (χ2v) is 7.28. The summed E-state index contributed by atoms with van der Waals surface area (Å²) in [6.07, 6.45) is 2.80. The first kappa shape index (κ1) is 22.5. The summed E-state index contributed by atoms with van der Waals surface area (Å²) in [6, 6.07) is 12.6. The first-order chi connectivity index (χ1) is 13.1. The monoisotopic (exact) mass is 514 g/mol. The predicted octanol–water partition coefficient (Wildman–Crippen LogP) is 3.36. The molecule has 0 saturated carbocycles. The molecule has 2 aromatic rings. The molecule has 0 bridgehead atoms. The van der Waals surface area contributed by atoms with Crippen molar-refractivity contribution in [3.8, 4) is 0 Å². The van der Waals surface area contributed by atoms with Gasteiger partial charge in [-0.3, -0.25) is 4.99 Å². The Hall–Kier alpha value is -1.74. The molecule has 1 atom stereocenters. The standard InChI is InChI=1S/C20H27ClN6.HI/c1-22-20(24-13-15-6-8-17(9-7-15)26(2)3)25-16-10-12-27(14-16)19-18(21)5-4-11-23-19;/h4-9,11,16H,10,12-14H2,1-3H3,(H2,22,24,25);1H. The summed E-state index contributed by atoms with van der Waals surface area (Å²) in [4.78, 5) is 13.1. The van der Waals surface area contributed by atoms with Crippen LogP contribution in [0, 0.1) is 0 Å². The molecular weight excluding hydrogens is 487 g/mol. The third kappa shape index (κ3) is 5.88. The normalized spacial score (nSPS) is 16.5. The zero-order valence-corrected chi connectivity index (χ0v) is 19.6. The van der Waals surface area contributed by atoms with Gasteiger partial charge in [0.2, 0.25) is 0 Å². The fraction of sp³-hybridized carbons (Fsp3) is 0.400. The van der Waals surface area contributed by atoms with Crippen molar-refractivity contribution < 1.29 is 0 Å². The summed E-state index contributed by atoms with van der Waals surface area (Å²) < 4.78 is 0. The summed E-state index contributed by atoms with van der Waals surface area (Å²) in [6.45, 7) is 2.52. The first-order valence-electron chi connectivity index (χ1n) is 9.15. The van der Waals surface area contributed by atoms with Crippen LogP contribution in [0.4, 0.5) is 11.5 Å². The Morgan fingerprint density at radius 3 is 2.68 bits per heavy atom. The molecule has 8 heteroatoms. The number of rotatable bonds is 5. The van der Waals surface area contributed by atoms with Crippen molar-refractivity contribution in [2.24, 2.45) is 4.99 Å². The van der Waals surface area contributed by atoms with E-state index in [1.807, 2.05) is 26.2 Å². The van der Waals surface area contributed by atoms with Crippen LogP contribution in [0.2, 0.25) is 5.02 Å². The Balaban J connectivity index is 0.00000280. The molecule has 152 valence electrons. The van der Waals surface area contributed by atoms with Crippen LogP contribution in [0.3, 0.4) is 0 Å². The predicted molar refractivity (Wildman–Crippen MR) is 129 cm³/mol. The highest BCUT2D eigenvalue weighted by Crippen LogP contribution is 2.25. The van der Waals surface area contributed by atoms with Crippen LogP contribution in [0.5, 0.6) is 0 Å². The lowest BCUT2D eigenvalue weighted by molar-refractivity contribution is 0.648. The van der Waals surface area contributed by atoms with Crippen LogP contribution in [0.25, 0.3) is 0 Å². The van der Waals surface area contributed by atoms with Gasteiger partial charge in [-0.2, -0.15) is 0 Å². The van der Waals surface area contributed by atoms with E-state index in [1.54, 1.807) is 13.2 Å². The van der Waals surface area contributed by atoms with Gasteiger partial charge in [0.1, 0.15) is 5.82 Å². The number of halogens is 2. The smallest absolute Gasteiger partial charge is 0.191 e. The van der Waals surface area contributed by atoms with Crippen LogP contribution >= 0.6 is 35.6 Å². The van der Waals surface area contributed by atoms with Crippen molar-refractivity contribution in [1.82, 2.24) is 15.6 Å². The molecule has 2 N–H and O–H groups in total. The van der Waals surface area contributed by atoms with Gasteiger partial charge in [0.05, 0.1) is 5.02 Å².